The largest absolute Gasteiger partial charge is 0.493 e. The number of benzene rings is 1. The van der Waals surface area contributed by atoms with Crippen molar-refractivity contribution in [2.75, 3.05) is 13.7 Å². The van der Waals surface area contributed by atoms with E-state index >= 15 is 0 Å². The van der Waals surface area contributed by atoms with Gasteiger partial charge in [-0.15, -0.1) is 0 Å². The number of methoxy groups -OCH3 is 1. The molecule has 0 bridgehead atoms. The van der Waals surface area contributed by atoms with Crippen LogP contribution in [0.3, 0.4) is 0 Å². The van der Waals surface area contributed by atoms with Gasteiger partial charge >= 0.3 is 0 Å². The maximum absolute atomic E-state index is 10.4. The van der Waals surface area contributed by atoms with Gasteiger partial charge in [0, 0.05) is 12.0 Å². The Balaban J connectivity index is 1.93. The van der Waals surface area contributed by atoms with Crippen LogP contribution in [0.4, 0.5) is 0 Å². The number of hydrogen-bond acceptors (Lipinski definition) is 4. The minimum atomic E-state index is -1.72. The molecule has 0 saturated carbocycles. The van der Waals surface area contributed by atoms with Crippen molar-refractivity contribution in [2.45, 2.75) is 57.8 Å². The molecule has 1 atom stereocenters. The number of aliphatic hydroxyl groups is 1. The minimum Gasteiger partial charge on any atom is -0.493 e. The fourth-order valence-electron chi connectivity index (χ4n) is 2.34. The summed E-state index contributed by atoms with van der Waals surface area (Å²) < 4.78 is 17.2. The Hall–Kier alpha value is -1.30. The molecule has 0 aliphatic carbocycles. The predicted molar refractivity (Wildman–Crippen MR) is 100 cm³/mol. The van der Waals surface area contributed by atoms with E-state index in [0.717, 1.165) is 11.8 Å². The summed E-state index contributed by atoms with van der Waals surface area (Å²) >= 11 is 0. The molecule has 2 rings (SSSR count). The molecule has 2 aromatic rings. The summed E-state index contributed by atoms with van der Waals surface area (Å²) in [5.74, 6) is 1.27. The highest BCUT2D eigenvalue weighted by molar-refractivity contribution is 6.74. The number of hydrogen-bond donors (Lipinski definition) is 1. The van der Waals surface area contributed by atoms with Crippen molar-refractivity contribution < 1.29 is 18.7 Å². The summed E-state index contributed by atoms with van der Waals surface area (Å²) in [7, 11) is -0.0999. The number of aliphatic hydroxyl groups excluding tert-OH is 1. The van der Waals surface area contributed by atoms with Crippen LogP contribution in [0.25, 0.3) is 11.0 Å². The van der Waals surface area contributed by atoms with Crippen molar-refractivity contribution >= 4 is 19.3 Å². The summed E-state index contributed by atoms with van der Waals surface area (Å²) in [6, 6.07) is 7.62. The molecule has 0 fully saturated rings. The van der Waals surface area contributed by atoms with Crippen LogP contribution in [0.1, 0.15) is 45.5 Å². The second-order valence-electron chi connectivity index (χ2n) is 7.79. The smallest absolute Gasteiger partial charge is 0.191 e. The lowest BCUT2D eigenvalue weighted by Crippen LogP contribution is -2.41. The number of furan rings is 1. The Bertz CT molecular complexity index is 670. The third kappa shape index (κ3) is 4.21. The molecule has 134 valence electrons. The van der Waals surface area contributed by atoms with E-state index in [2.05, 4.69) is 33.9 Å². The first-order valence-electron chi connectivity index (χ1n) is 8.54. The van der Waals surface area contributed by atoms with E-state index < -0.39 is 14.4 Å². The van der Waals surface area contributed by atoms with Crippen LogP contribution in [0.2, 0.25) is 18.1 Å². The van der Waals surface area contributed by atoms with E-state index in [1.807, 2.05) is 24.3 Å². The summed E-state index contributed by atoms with van der Waals surface area (Å²) in [5, 5.41) is 11.6. The zero-order chi connectivity index (χ0) is 18.0. The molecule has 1 aromatic heterocycles. The maximum Gasteiger partial charge on any atom is 0.191 e. The Morgan fingerprint density at radius 1 is 1.25 bits per heavy atom. The number of fused-ring (bicyclic) bond motifs is 1. The molecule has 1 N–H and O–H groups in total. The van der Waals surface area contributed by atoms with Crippen LogP contribution in [-0.2, 0) is 4.43 Å². The van der Waals surface area contributed by atoms with Gasteiger partial charge in [0.1, 0.15) is 11.9 Å². The predicted octanol–water partition coefficient (Wildman–Crippen LogP) is 5.28. The fourth-order valence-corrected chi connectivity index (χ4v) is 3.43. The van der Waals surface area contributed by atoms with E-state index in [1.165, 1.54) is 0 Å². The third-order valence-corrected chi connectivity index (χ3v) is 9.50. The molecular formula is C19H30O4Si. The SMILES string of the molecule is COc1cccc2cc(C(O)CCCO[Si](C)(C)C(C)(C)C)oc12. The minimum absolute atomic E-state index is 0.209. The first kappa shape index (κ1) is 19.0. The van der Waals surface area contributed by atoms with Gasteiger partial charge in [-0.3, -0.25) is 0 Å². The third-order valence-electron chi connectivity index (χ3n) is 4.97. The molecule has 1 heterocycles. The van der Waals surface area contributed by atoms with Crippen molar-refractivity contribution in [1.82, 2.24) is 0 Å². The van der Waals surface area contributed by atoms with Gasteiger partial charge in [0.2, 0.25) is 0 Å². The standard InChI is InChI=1S/C19H30O4Si/c1-19(2,3)24(5,6)22-12-8-10-15(20)17-13-14-9-7-11-16(21-4)18(14)23-17/h7,9,11,13,15,20H,8,10,12H2,1-6H3. The number of rotatable bonds is 7. The van der Waals surface area contributed by atoms with Crippen LogP contribution >= 0.6 is 0 Å². The van der Waals surface area contributed by atoms with Gasteiger partial charge in [-0.2, -0.15) is 0 Å². The highest BCUT2D eigenvalue weighted by Gasteiger charge is 2.36. The molecule has 1 unspecified atom stereocenters. The molecule has 0 amide bonds. The van der Waals surface area contributed by atoms with E-state index in [4.69, 9.17) is 13.6 Å². The average molecular weight is 351 g/mol. The van der Waals surface area contributed by atoms with E-state index in [1.54, 1.807) is 7.11 Å². The average Bonchev–Trinajstić information content (AvgIpc) is 2.94. The lowest BCUT2D eigenvalue weighted by molar-refractivity contribution is 0.131. The zero-order valence-electron chi connectivity index (χ0n) is 15.7. The lowest BCUT2D eigenvalue weighted by Gasteiger charge is -2.36. The lowest BCUT2D eigenvalue weighted by atomic mass is 10.1. The Labute approximate surface area is 145 Å². The molecule has 0 aliphatic heterocycles. The Morgan fingerprint density at radius 3 is 2.58 bits per heavy atom. The van der Waals surface area contributed by atoms with Crippen LogP contribution in [0.5, 0.6) is 5.75 Å². The highest BCUT2D eigenvalue weighted by Crippen LogP contribution is 2.37. The second-order valence-corrected chi connectivity index (χ2v) is 12.6. The topological polar surface area (TPSA) is 51.8 Å². The molecular weight excluding hydrogens is 320 g/mol. The molecule has 0 radical (unpaired) electrons. The van der Waals surface area contributed by atoms with Gasteiger partial charge in [0.05, 0.1) is 7.11 Å². The van der Waals surface area contributed by atoms with Gasteiger partial charge in [-0.25, -0.2) is 0 Å². The normalized spacial score (nSPS) is 14.1. The van der Waals surface area contributed by atoms with E-state index in [9.17, 15) is 5.11 Å². The molecule has 0 spiro atoms. The summed E-state index contributed by atoms with van der Waals surface area (Å²) in [6.45, 7) is 11.9. The first-order chi connectivity index (χ1) is 11.2. The van der Waals surface area contributed by atoms with Crippen LogP contribution < -0.4 is 4.74 Å². The second kappa shape index (κ2) is 7.29. The summed E-state index contributed by atoms with van der Waals surface area (Å²) in [4.78, 5) is 0. The summed E-state index contributed by atoms with van der Waals surface area (Å²) in [6.07, 6.45) is 0.809. The van der Waals surface area contributed by atoms with Crippen molar-refractivity contribution in [3.8, 4) is 5.75 Å². The van der Waals surface area contributed by atoms with Gasteiger partial charge in [-0.1, -0.05) is 32.9 Å². The molecule has 5 heteroatoms. The molecule has 1 aromatic carbocycles. The van der Waals surface area contributed by atoms with Crippen molar-refractivity contribution in [1.29, 1.82) is 0 Å². The van der Waals surface area contributed by atoms with Crippen molar-refractivity contribution in [2.24, 2.45) is 0 Å². The monoisotopic (exact) mass is 350 g/mol. The van der Waals surface area contributed by atoms with Gasteiger partial charge < -0.3 is 18.7 Å². The van der Waals surface area contributed by atoms with Crippen LogP contribution in [0.15, 0.2) is 28.7 Å². The van der Waals surface area contributed by atoms with E-state index in [0.29, 0.717) is 30.1 Å². The molecule has 0 saturated heterocycles. The van der Waals surface area contributed by atoms with Gasteiger partial charge in [0.25, 0.3) is 0 Å². The van der Waals surface area contributed by atoms with Crippen molar-refractivity contribution in [3.63, 3.8) is 0 Å². The zero-order valence-corrected chi connectivity index (χ0v) is 16.7. The van der Waals surface area contributed by atoms with Gasteiger partial charge in [0.15, 0.2) is 19.6 Å². The fraction of sp³-hybridized carbons (Fsp3) is 0.579. The van der Waals surface area contributed by atoms with Crippen LogP contribution in [0, 0.1) is 0 Å². The highest BCUT2D eigenvalue weighted by atomic mass is 28.4. The molecule has 0 aliphatic rings. The molecule has 24 heavy (non-hydrogen) atoms. The number of para-hydroxylation sites is 1. The maximum atomic E-state index is 10.4. The van der Waals surface area contributed by atoms with E-state index in [-0.39, 0.29) is 5.04 Å². The summed E-state index contributed by atoms with van der Waals surface area (Å²) in [5.41, 5.74) is 0.687. The number of ether oxygens (including phenoxy) is 1. The van der Waals surface area contributed by atoms with Crippen LogP contribution in [-0.4, -0.2) is 27.1 Å². The Morgan fingerprint density at radius 2 is 1.96 bits per heavy atom. The quantitative estimate of drug-likeness (QED) is 0.545. The first-order valence-corrected chi connectivity index (χ1v) is 11.4. The van der Waals surface area contributed by atoms with Crippen molar-refractivity contribution in [3.05, 3.63) is 30.0 Å². The Kier molecular flexibility index (Phi) is 5.78. The molecule has 4 nitrogen and oxygen atoms in total. The van der Waals surface area contributed by atoms with Gasteiger partial charge in [-0.05, 0) is 43.1 Å².